The number of ether oxygens (including phenoxy) is 2. The minimum absolute atomic E-state index is 0.151. The molecule has 0 aliphatic carbocycles. The van der Waals surface area contributed by atoms with Crippen molar-refractivity contribution in [3.63, 3.8) is 0 Å². The van der Waals surface area contributed by atoms with Gasteiger partial charge in [0, 0.05) is 5.69 Å². The highest BCUT2D eigenvalue weighted by atomic mass is 16.5. The Morgan fingerprint density at radius 2 is 1.58 bits per heavy atom. The molecule has 0 saturated carbocycles. The van der Waals surface area contributed by atoms with Crippen LogP contribution in [-0.4, -0.2) is 25.0 Å². The molecule has 0 unspecified atom stereocenters. The summed E-state index contributed by atoms with van der Waals surface area (Å²) in [6, 6.07) is 21.6. The third-order valence-electron chi connectivity index (χ3n) is 4.55. The van der Waals surface area contributed by atoms with Crippen molar-refractivity contribution < 1.29 is 19.1 Å². The van der Waals surface area contributed by atoms with Gasteiger partial charge in [0.25, 0.3) is 11.8 Å². The van der Waals surface area contributed by atoms with E-state index < -0.39 is 0 Å². The third-order valence-corrected chi connectivity index (χ3v) is 4.55. The van der Waals surface area contributed by atoms with Crippen molar-refractivity contribution in [1.29, 1.82) is 0 Å². The van der Waals surface area contributed by atoms with Gasteiger partial charge in [0.2, 0.25) is 0 Å². The zero-order chi connectivity index (χ0) is 22.1. The summed E-state index contributed by atoms with van der Waals surface area (Å²) in [5.74, 6) is 0.702. The summed E-state index contributed by atoms with van der Waals surface area (Å²) in [4.78, 5) is 25.1. The summed E-state index contributed by atoms with van der Waals surface area (Å²) in [7, 11) is 0. The highest BCUT2D eigenvalue weighted by Gasteiger charge is 2.14. The predicted molar refractivity (Wildman–Crippen MR) is 122 cm³/mol. The van der Waals surface area contributed by atoms with Crippen LogP contribution in [0.15, 0.2) is 72.8 Å². The number of nitrogens with one attached hydrogen (secondary N) is 2. The first-order valence-corrected chi connectivity index (χ1v) is 10.2. The van der Waals surface area contributed by atoms with Gasteiger partial charge in [-0.3, -0.25) is 9.59 Å². The molecule has 31 heavy (non-hydrogen) atoms. The molecule has 0 atom stereocenters. The van der Waals surface area contributed by atoms with Gasteiger partial charge in [-0.05, 0) is 67.4 Å². The summed E-state index contributed by atoms with van der Waals surface area (Å²) in [5.41, 5.74) is 2.54. The fourth-order valence-corrected chi connectivity index (χ4v) is 2.98. The zero-order valence-electron chi connectivity index (χ0n) is 17.7. The normalized spacial score (nSPS) is 10.3. The maximum Gasteiger partial charge on any atom is 0.262 e. The van der Waals surface area contributed by atoms with E-state index in [0.717, 1.165) is 17.7 Å². The van der Waals surface area contributed by atoms with E-state index >= 15 is 0 Å². The highest BCUT2D eigenvalue weighted by Crippen LogP contribution is 2.20. The molecule has 0 aliphatic rings. The van der Waals surface area contributed by atoms with Crippen LogP contribution >= 0.6 is 0 Å². The standard InChI is InChI=1S/C25H26N2O4/c1-3-18-8-7-9-21(16-18)31-17-24(28)27-23-11-6-5-10-22(23)25(29)26-19-12-14-20(15-13-19)30-4-2/h5-16H,3-4,17H2,1-2H3,(H,26,29)(H,27,28). The van der Waals surface area contributed by atoms with Crippen LogP contribution in [0, 0.1) is 0 Å². The largest absolute Gasteiger partial charge is 0.494 e. The van der Waals surface area contributed by atoms with Gasteiger partial charge in [0.1, 0.15) is 11.5 Å². The molecule has 0 bridgehead atoms. The Labute approximate surface area is 182 Å². The van der Waals surface area contributed by atoms with Crippen molar-refractivity contribution in [2.45, 2.75) is 20.3 Å². The van der Waals surface area contributed by atoms with Gasteiger partial charge >= 0.3 is 0 Å². The summed E-state index contributed by atoms with van der Waals surface area (Å²) in [6.45, 7) is 4.39. The van der Waals surface area contributed by atoms with Gasteiger partial charge in [-0.15, -0.1) is 0 Å². The smallest absolute Gasteiger partial charge is 0.262 e. The second-order valence-corrected chi connectivity index (χ2v) is 6.79. The topological polar surface area (TPSA) is 76.7 Å². The van der Waals surface area contributed by atoms with E-state index in [4.69, 9.17) is 9.47 Å². The molecular formula is C25H26N2O4. The lowest BCUT2D eigenvalue weighted by atomic mass is 10.1. The highest BCUT2D eigenvalue weighted by molar-refractivity contribution is 6.10. The second kappa shape index (κ2) is 10.8. The first kappa shape index (κ1) is 21.9. The van der Waals surface area contributed by atoms with E-state index in [0.29, 0.717) is 29.3 Å². The van der Waals surface area contributed by atoms with Gasteiger partial charge in [-0.2, -0.15) is 0 Å². The quantitative estimate of drug-likeness (QED) is 0.517. The molecule has 0 heterocycles. The van der Waals surface area contributed by atoms with Crippen molar-refractivity contribution in [3.8, 4) is 11.5 Å². The lowest BCUT2D eigenvalue weighted by Gasteiger charge is -2.12. The number of benzene rings is 3. The summed E-state index contributed by atoms with van der Waals surface area (Å²) >= 11 is 0. The molecule has 3 aromatic rings. The number of para-hydroxylation sites is 1. The number of amides is 2. The molecule has 160 valence electrons. The van der Waals surface area contributed by atoms with Crippen molar-refractivity contribution in [3.05, 3.63) is 83.9 Å². The maximum atomic E-state index is 12.8. The number of hydrogen-bond acceptors (Lipinski definition) is 4. The number of aryl methyl sites for hydroxylation is 1. The van der Waals surface area contributed by atoms with Crippen molar-refractivity contribution in [1.82, 2.24) is 0 Å². The van der Waals surface area contributed by atoms with E-state index in [1.807, 2.05) is 31.2 Å². The second-order valence-electron chi connectivity index (χ2n) is 6.79. The van der Waals surface area contributed by atoms with E-state index in [1.54, 1.807) is 48.5 Å². The Hall–Kier alpha value is -3.80. The molecule has 0 saturated heterocycles. The minimum Gasteiger partial charge on any atom is -0.494 e. The molecule has 2 N–H and O–H groups in total. The first-order valence-electron chi connectivity index (χ1n) is 10.2. The molecular weight excluding hydrogens is 392 g/mol. The molecule has 3 aromatic carbocycles. The molecule has 0 spiro atoms. The molecule has 0 aliphatic heterocycles. The Morgan fingerprint density at radius 3 is 2.32 bits per heavy atom. The van der Waals surface area contributed by atoms with Gasteiger partial charge < -0.3 is 20.1 Å². The van der Waals surface area contributed by atoms with Crippen LogP contribution in [-0.2, 0) is 11.2 Å². The van der Waals surface area contributed by atoms with Gasteiger partial charge in [0.05, 0.1) is 17.9 Å². The third kappa shape index (κ3) is 6.34. The fraction of sp³-hybridized carbons (Fsp3) is 0.200. The average Bonchev–Trinajstić information content (AvgIpc) is 2.79. The Morgan fingerprint density at radius 1 is 0.806 bits per heavy atom. The van der Waals surface area contributed by atoms with Crippen LogP contribution in [0.2, 0.25) is 0 Å². The van der Waals surface area contributed by atoms with Crippen LogP contribution in [0.25, 0.3) is 0 Å². The molecule has 2 amide bonds. The Bertz CT molecular complexity index is 1030. The van der Waals surface area contributed by atoms with E-state index in [-0.39, 0.29) is 18.4 Å². The van der Waals surface area contributed by atoms with Crippen LogP contribution in [0.3, 0.4) is 0 Å². The summed E-state index contributed by atoms with van der Waals surface area (Å²) in [6.07, 6.45) is 0.889. The summed E-state index contributed by atoms with van der Waals surface area (Å²) < 4.78 is 11.0. The van der Waals surface area contributed by atoms with Crippen LogP contribution in [0.5, 0.6) is 11.5 Å². The van der Waals surface area contributed by atoms with Gasteiger partial charge in [0.15, 0.2) is 6.61 Å². The van der Waals surface area contributed by atoms with E-state index in [9.17, 15) is 9.59 Å². The number of rotatable bonds is 9. The van der Waals surface area contributed by atoms with E-state index in [2.05, 4.69) is 17.6 Å². The molecule has 0 aromatic heterocycles. The molecule has 3 rings (SSSR count). The first-order chi connectivity index (χ1) is 15.1. The van der Waals surface area contributed by atoms with Crippen LogP contribution < -0.4 is 20.1 Å². The molecule has 6 nitrogen and oxygen atoms in total. The lowest BCUT2D eigenvalue weighted by Crippen LogP contribution is -2.22. The van der Waals surface area contributed by atoms with Gasteiger partial charge in [-0.25, -0.2) is 0 Å². The van der Waals surface area contributed by atoms with Crippen molar-refractivity contribution >= 4 is 23.2 Å². The minimum atomic E-state index is -0.344. The monoisotopic (exact) mass is 418 g/mol. The zero-order valence-corrected chi connectivity index (χ0v) is 17.7. The number of hydrogen-bond donors (Lipinski definition) is 2. The SMILES string of the molecule is CCOc1ccc(NC(=O)c2ccccc2NC(=O)COc2cccc(CC)c2)cc1. The van der Waals surface area contributed by atoms with Crippen LogP contribution in [0.4, 0.5) is 11.4 Å². The molecule has 6 heteroatoms. The fourth-order valence-electron chi connectivity index (χ4n) is 2.98. The van der Waals surface area contributed by atoms with Crippen molar-refractivity contribution in [2.24, 2.45) is 0 Å². The summed E-state index contributed by atoms with van der Waals surface area (Å²) in [5, 5.41) is 5.59. The van der Waals surface area contributed by atoms with E-state index in [1.165, 1.54) is 0 Å². The van der Waals surface area contributed by atoms with Crippen LogP contribution in [0.1, 0.15) is 29.8 Å². The molecule has 0 radical (unpaired) electrons. The van der Waals surface area contributed by atoms with Crippen molar-refractivity contribution in [2.75, 3.05) is 23.8 Å². The lowest BCUT2D eigenvalue weighted by molar-refractivity contribution is -0.118. The average molecular weight is 418 g/mol. The Kier molecular flexibility index (Phi) is 7.65. The maximum absolute atomic E-state index is 12.8. The predicted octanol–water partition coefficient (Wildman–Crippen LogP) is 4.92. The number of carbonyl (C=O) groups excluding carboxylic acids is 2. The number of carbonyl (C=O) groups is 2. The van der Waals surface area contributed by atoms with Gasteiger partial charge in [-0.1, -0.05) is 31.2 Å². The number of anilines is 2. The Balaban J connectivity index is 1.62. The molecule has 0 fully saturated rings.